The van der Waals surface area contributed by atoms with E-state index in [1.807, 2.05) is 36.2 Å². The molecule has 0 saturated heterocycles. The van der Waals surface area contributed by atoms with Crippen LogP contribution in [0.4, 0.5) is 5.69 Å². The Labute approximate surface area is 144 Å². The first-order chi connectivity index (χ1) is 11.5. The first-order valence-corrected chi connectivity index (χ1v) is 9.17. The molecule has 4 nitrogen and oxygen atoms in total. The molecule has 0 spiro atoms. The van der Waals surface area contributed by atoms with E-state index in [0.29, 0.717) is 12.5 Å². The van der Waals surface area contributed by atoms with Gasteiger partial charge in [-0.2, -0.15) is 0 Å². The monoisotopic (exact) mass is 328 g/mol. The van der Waals surface area contributed by atoms with Gasteiger partial charge in [0.15, 0.2) is 0 Å². The van der Waals surface area contributed by atoms with Crippen molar-refractivity contribution in [2.45, 2.75) is 64.5 Å². The van der Waals surface area contributed by atoms with Crippen LogP contribution < -0.4 is 4.90 Å². The van der Waals surface area contributed by atoms with E-state index in [1.165, 1.54) is 19.3 Å². The molecule has 1 saturated carbocycles. The normalized spacial score (nSPS) is 26.1. The van der Waals surface area contributed by atoms with E-state index in [0.717, 1.165) is 30.0 Å². The van der Waals surface area contributed by atoms with Gasteiger partial charge in [-0.3, -0.25) is 14.5 Å². The van der Waals surface area contributed by atoms with Crippen molar-refractivity contribution in [3.05, 3.63) is 29.8 Å². The Balaban J connectivity index is 1.74. The summed E-state index contributed by atoms with van der Waals surface area (Å²) in [6.45, 7) is 3.80. The number of carbonyl (C=O) groups is 2. The van der Waals surface area contributed by atoms with Gasteiger partial charge < -0.3 is 4.90 Å². The van der Waals surface area contributed by atoms with Gasteiger partial charge >= 0.3 is 0 Å². The molecule has 130 valence electrons. The standard InChI is InChI=1S/C20H28N2O2/c1-4-15-9-11-17(12-10-15)21(3)20(24)19-13-16-7-5-6-8-18(16)22(19)14(2)23/h5-8,15,17,19H,4,9-13H2,1-3H3/t15?,17?,19-/m0/s1. The lowest BCUT2D eigenvalue weighted by Gasteiger charge is -2.37. The Morgan fingerprint density at radius 3 is 2.46 bits per heavy atom. The van der Waals surface area contributed by atoms with Crippen molar-refractivity contribution >= 4 is 17.5 Å². The number of hydrogen-bond donors (Lipinski definition) is 0. The summed E-state index contributed by atoms with van der Waals surface area (Å²) in [4.78, 5) is 28.9. The van der Waals surface area contributed by atoms with Gasteiger partial charge in [-0.25, -0.2) is 0 Å². The van der Waals surface area contributed by atoms with Crippen LogP contribution in [0.3, 0.4) is 0 Å². The van der Waals surface area contributed by atoms with Gasteiger partial charge in [0.05, 0.1) is 0 Å². The summed E-state index contributed by atoms with van der Waals surface area (Å²) in [5, 5.41) is 0. The Morgan fingerprint density at radius 1 is 1.17 bits per heavy atom. The third-order valence-electron chi connectivity index (χ3n) is 5.89. The lowest BCUT2D eigenvalue weighted by atomic mass is 9.84. The molecule has 1 aromatic carbocycles. The molecule has 1 aliphatic carbocycles. The van der Waals surface area contributed by atoms with Crippen LogP contribution in [0.2, 0.25) is 0 Å². The molecule has 1 atom stereocenters. The summed E-state index contributed by atoms with van der Waals surface area (Å²) in [5.74, 6) is 0.844. The zero-order valence-electron chi connectivity index (χ0n) is 15.0. The van der Waals surface area contributed by atoms with E-state index in [-0.39, 0.29) is 17.9 Å². The minimum absolute atomic E-state index is 0.0543. The number of anilines is 1. The third-order valence-corrected chi connectivity index (χ3v) is 5.89. The summed E-state index contributed by atoms with van der Waals surface area (Å²) < 4.78 is 0. The number of benzene rings is 1. The molecule has 0 bridgehead atoms. The zero-order chi connectivity index (χ0) is 17.3. The second-order valence-electron chi connectivity index (χ2n) is 7.27. The number of nitrogens with zero attached hydrogens (tertiary/aromatic N) is 2. The molecule has 0 unspecified atom stereocenters. The van der Waals surface area contributed by atoms with Crippen molar-refractivity contribution < 1.29 is 9.59 Å². The molecule has 1 heterocycles. The summed E-state index contributed by atoms with van der Waals surface area (Å²) in [7, 11) is 1.92. The second kappa shape index (κ2) is 6.96. The number of para-hydroxylation sites is 1. The number of likely N-dealkylation sites (N-methyl/N-ethyl adjacent to an activating group) is 1. The van der Waals surface area contributed by atoms with E-state index in [9.17, 15) is 9.59 Å². The quantitative estimate of drug-likeness (QED) is 0.853. The van der Waals surface area contributed by atoms with Crippen molar-refractivity contribution in [3.8, 4) is 0 Å². The smallest absolute Gasteiger partial charge is 0.246 e. The van der Waals surface area contributed by atoms with Gasteiger partial charge in [-0.15, -0.1) is 0 Å². The maximum atomic E-state index is 13.1. The zero-order valence-corrected chi connectivity index (χ0v) is 15.0. The lowest BCUT2D eigenvalue weighted by molar-refractivity contribution is -0.135. The fraction of sp³-hybridized carbons (Fsp3) is 0.600. The second-order valence-corrected chi connectivity index (χ2v) is 7.27. The molecule has 1 fully saturated rings. The van der Waals surface area contributed by atoms with Crippen LogP contribution in [0.25, 0.3) is 0 Å². The molecule has 4 heteroatoms. The van der Waals surface area contributed by atoms with Gasteiger partial charge in [0, 0.05) is 32.1 Å². The SMILES string of the molecule is CCC1CCC(N(C)C(=O)[C@@H]2Cc3ccccc3N2C(C)=O)CC1. The molecule has 1 aliphatic heterocycles. The van der Waals surface area contributed by atoms with Gasteiger partial charge in [-0.05, 0) is 43.2 Å². The first kappa shape index (κ1) is 17.0. The Morgan fingerprint density at radius 2 is 1.83 bits per heavy atom. The Kier molecular flexibility index (Phi) is 4.93. The van der Waals surface area contributed by atoms with Gasteiger partial charge in [0.1, 0.15) is 6.04 Å². The molecule has 0 N–H and O–H groups in total. The largest absolute Gasteiger partial charge is 0.341 e. The van der Waals surface area contributed by atoms with Crippen LogP contribution in [-0.2, 0) is 16.0 Å². The predicted molar refractivity (Wildman–Crippen MR) is 95.9 cm³/mol. The van der Waals surface area contributed by atoms with Gasteiger partial charge in [-0.1, -0.05) is 31.5 Å². The number of hydrogen-bond acceptors (Lipinski definition) is 2. The topological polar surface area (TPSA) is 40.6 Å². The van der Waals surface area contributed by atoms with Crippen LogP contribution >= 0.6 is 0 Å². The summed E-state index contributed by atoms with van der Waals surface area (Å²) >= 11 is 0. The van der Waals surface area contributed by atoms with Gasteiger partial charge in [0.25, 0.3) is 0 Å². The average molecular weight is 328 g/mol. The van der Waals surface area contributed by atoms with E-state index in [4.69, 9.17) is 0 Å². The highest BCUT2D eigenvalue weighted by Crippen LogP contribution is 2.34. The van der Waals surface area contributed by atoms with Crippen molar-refractivity contribution in [1.29, 1.82) is 0 Å². The highest BCUT2D eigenvalue weighted by atomic mass is 16.2. The third kappa shape index (κ3) is 3.06. The highest BCUT2D eigenvalue weighted by molar-refractivity contribution is 6.02. The van der Waals surface area contributed by atoms with Crippen molar-refractivity contribution in [2.75, 3.05) is 11.9 Å². The van der Waals surface area contributed by atoms with Gasteiger partial charge in [0.2, 0.25) is 11.8 Å². The fourth-order valence-electron chi connectivity index (χ4n) is 4.33. The maximum Gasteiger partial charge on any atom is 0.246 e. The predicted octanol–water partition coefficient (Wildman–Crippen LogP) is 3.39. The van der Waals surface area contributed by atoms with Crippen LogP contribution in [0.15, 0.2) is 24.3 Å². The number of fused-ring (bicyclic) bond motifs is 1. The number of amides is 2. The van der Waals surface area contributed by atoms with E-state index in [1.54, 1.807) is 11.8 Å². The van der Waals surface area contributed by atoms with Crippen LogP contribution in [0.1, 0.15) is 51.5 Å². The Hall–Kier alpha value is -1.84. The molecule has 2 amide bonds. The minimum atomic E-state index is -0.381. The van der Waals surface area contributed by atoms with E-state index >= 15 is 0 Å². The first-order valence-electron chi connectivity index (χ1n) is 9.17. The molecule has 2 aliphatic rings. The molecule has 3 rings (SSSR count). The van der Waals surface area contributed by atoms with Crippen LogP contribution in [0.5, 0.6) is 0 Å². The summed E-state index contributed by atoms with van der Waals surface area (Å²) in [5.41, 5.74) is 1.99. The lowest BCUT2D eigenvalue weighted by Crippen LogP contribution is -2.51. The maximum absolute atomic E-state index is 13.1. The van der Waals surface area contributed by atoms with Crippen molar-refractivity contribution in [3.63, 3.8) is 0 Å². The van der Waals surface area contributed by atoms with Crippen LogP contribution in [0, 0.1) is 5.92 Å². The average Bonchev–Trinajstić information content (AvgIpc) is 3.00. The summed E-state index contributed by atoms with van der Waals surface area (Å²) in [6, 6.07) is 7.80. The fourth-order valence-corrected chi connectivity index (χ4v) is 4.33. The van der Waals surface area contributed by atoms with E-state index in [2.05, 4.69) is 6.92 Å². The molecule has 1 aromatic rings. The van der Waals surface area contributed by atoms with Crippen molar-refractivity contribution in [1.82, 2.24) is 4.90 Å². The molecule has 0 radical (unpaired) electrons. The minimum Gasteiger partial charge on any atom is -0.341 e. The highest BCUT2D eigenvalue weighted by Gasteiger charge is 2.39. The molecule has 24 heavy (non-hydrogen) atoms. The Bertz CT molecular complexity index is 620. The van der Waals surface area contributed by atoms with E-state index < -0.39 is 0 Å². The number of rotatable bonds is 3. The number of carbonyl (C=O) groups excluding carboxylic acids is 2. The summed E-state index contributed by atoms with van der Waals surface area (Å²) in [6.07, 6.45) is 6.45. The molecular formula is C20H28N2O2. The van der Waals surface area contributed by atoms with Crippen LogP contribution in [-0.4, -0.2) is 35.8 Å². The molecule has 0 aromatic heterocycles. The van der Waals surface area contributed by atoms with Crippen molar-refractivity contribution in [2.24, 2.45) is 5.92 Å². The molecular weight excluding hydrogens is 300 g/mol.